The summed E-state index contributed by atoms with van der Waals surface area (Å²) >= 11 is 0. The summed E-state index contributed by atoms with van der Waals surface area (Å²) in [5.41, 5.74) is -0.732. The Kier molecular flexibility index (Phi) is 3.40. The Bertz CT molecular complexity index is 766. The van der Waals surface area contributed by atoms with Gasteiger partial charge in [-0.3, -0.25) is 19.8 Å². The number of aromatic nitrogens is 1. The fourth-order valence-electron chi connectivity index (χ4n) is 2.31. The molecule has 2 aromatic rings. The number of nitrogens with one attached hydrogen (secondary N) is 2. The second-order valence-electron chi connectivity index (χ2n) is 5.30. The Morgan fingerprint density at radius 3 is 2.87 bits per heavy atom. The number of nitrogens with zero attached hydrogens (tertiary/aromatic N) is 2. The van der Waals surface area contributed by atoms with Gasteiger partial charge in [0.1, 0.15) is 12.3 Å². The predicted molar refractivity (Wildman–Crippen MR) is 76.2 cm³/mol. The largest absolute Gasteiger partial charge is 0.466 e. The lowest BCUT2D eigenvalue weighted by Crippen LogP contribution is -2.41. The summed E-state index contributed by atoms with van der Waals surface area (Å²) in [5, 5.41) is 8.59. The van der Waals surface area contributed by atoms with Crippen LogP contribution in [0.1, 0.15) is 18.4 Å². The summed E-state index contributed by atoms with van der Waals surface area (Å²) in [5.74, 6) is -0.701. The minimum Gasteiger partial charge on any atom is -0.466 e. The molecule has 1 aliphatic heterocycles. The smallest absolute Gasteiger partial charge is 0.325 e. The minimum atomic E-state index is -1.33. The van der Waals surface area contributed by atoms with Gasteiger partial charge in [0, 0.05) is 6.07 Å². The van der Waals surface area contributed by atoms with Crippen molar-refractivity contribution in [2.45, 2.75) is 19.4 Å². The zero-order chi connectivity index (χ0) is 16.6. The molecule has 9 heteroatoms. The number of imide groups is 1. The highest BCUT2D eigenvalue weighted by atomic mass is 16.5. The first-order valence-corrected chi connectivity index (χ1v) is 6.81. The van der Waals surface area contributed by atoms with Crippen molar-refractivity contribution in [2.24, 2.45) is 0 Å². The van der Waals surface area contributed by atoms with E-state index in [4.69, 9.17) is 8.94 Å². The number of rotatable bonds is 4. The molecule has 3 rings (SSSR count). The Hall–Kier alpha value is -3.10. The molecule has 0 aromatic carbocycles. The summed E-state index contributed by atoms with van der Waals surface area (Å²) in [6.45, 7) is 2.77. The van der Waals surface area contributed by atoms with E-state index in [0.717, 1.165) is 4.90 Å². The lowest BCUT2D eigenvalue weighted by molar-refractivity contribution is -0.134. The van der Waals surface area contributed by atoms with Gasteiger partial charge in [-0.15, -0.1) is 0 Å². The molecule has 1 atom stereocenters. The van der Waals surface area contributed by atoms with Gasteiger partial charge in [-0.1, -0.05) is 5.16 Å². The molecule has 0 spiro atoms. The Morgan fingerprint density at radius 2 is 2.26 bits per heavy atom. The first-order valence-electron chi connectivity index (χ1n) is 6.81. The molecule has 23 heavy (non-hydrogen) atoms. The zero-order valence-corrected chi connectivity index (χ0v) is 12.5. The van der Waals surface area contributed by atoms with Crippen LogP contribution in [0.2, 0.25) is 0 Å². The fourth-order valence-corrected chi connectivity index (χ4v) is 2.31. The van der Waals surface area contributed by atoms with Gasteiger partial charge in [0.15, 0.2) is 5.54 Å². The van der Waals surface area contributed by atoms with Crippen molar-refractivity contribution in [3.05, 3.63) is 35.9 Å². The van der Waals surface area contributed by atoms with Crippen molar-refractivity contribution in [3.63, 3.8) is 0 Å². The molecule has 9 nitrogen and oxygen atoms in total. The molecule has 120 valence electrons. The lowest BCUT2D eigenvalue weighted by Gasteiger charge is -2.18. The summed E-state index contributed by atoms with van der Waals surface area (Å²) in [7, 11) is 0. The van der Waals surface area contributed by atoms with Crippen LogP contribution in [0.25, 0.3) is 0 Å². The van der Waals surface area contributed by atoms with Gasteiger partial charge in [-0.2, -0.15) is 0 Å². The van der Waals surface area contributed by atoms with Crippen molar-refractivity contribution < 1.29 is 23.3 Å². The number of aryl methyl sites for hydroxylation is 1. The molecule has 0 aliphatic carbocycles. The molecule has 2 N–H and O–H groups in total. The predicted octanol–water partition coefficient (Wildman–Crippen LogP) is 0.982. The number of hydrogen-bond donors (Lipinski definition) is 2. The van der Waals surface area contributed by atoms with Crippen molar-refractivity contribution in [1.29, 1.82) is 0 Å². The topological polar surface area (TPSA) is 118 Å². The number of furan rings is 1. The van der Waals surface area contributed by atoms with Crippen LogP contribution in [0.3, 0.4) is 0 Å². The molecule has 3 heterocycles. The van der Waals surface area contributed by atoms with Crippen LogP contribution in [-0.4, -0.2) is 34.4 Å². The van der Waals surface area contributed by atoms with E-state index < -0.39 is 29.9 Å². The van der Waals surface area contributed by atoms with E-state index in [2.05, 4.69) is 15.8 Å². The number of hydrogen-bond acceptors (Lipinski definition) is 6. The van der Waals surface area contributed by atoms with Gasteiger partial charge in [0.05, 0.1) is 12.0 Å². The lowest BCUT2D eigenvalue weighted by atomic mass is 9.99. The number of urea groups is 1. The maximum atomic E-state index is 12.5. The van der Waals surface area contributed by atoms with E-state index in [9.17, 15) is 14.4 Å². The average molecular weight is 318 g/mol. The van der Waals surface area contributed by atoms with E-state index in [0.29, 0.717) is 11.5 Å². The average Bonchev–Trinajstić information content (AvgIpc) is 3.19. The maximum Gasteiger partial charge on any atom is 0.325 e. The monoisotopic (exact) mass is 318 g/mol. The van der Waals surface area contributed by atoms with Crippen molar-refractivity contribution in [3.8, 4) is 0 Å². The SMILES string of the molecule is Cc1cc(NC(=O)CN2C(=O)N[C@](C)(c3ccco3)C2=O)on1. The van der Waals surface area contributed by atoms with Crippen LogP contribution in [0, 0.1) is 6.92 Å². The van der Waals surface area contributed by atoms with Crippen LogP contribution in [0.5, 0.6) is 0 Å². The summed E-state index contributed by atoms with van der Waals surface area (Å²) in [6.07, 6.45) is 1.40. The Balaban J connectivity index is 1.72. The summed E-state index contributed by atoms with van der Waals surface area (Å²) in [6, 6.07) is 4.05. The molecule has 0 unspecified atom stereocenters. The zero-order valence-electron chi connectivity index (χ0n) is 12.5. The molecular formula is C14H14N4O5. The first kappa shape index (κ1) is 14.8. The highest BCUT2D eigenvalue weighted by Gasteiger charge is 2.51. The third-order valence-electron chi connectivity index (χ3n) is 3.48. The highest BCUT2D eigenvalue weighted by molar-refractivity contribution is 6.09. The third kappa shape index (κ3) is 2.56. The summed E-state index contributed by atoms with van der Waals surface area (Å²) < 4.78 is 10.1. The van der Waals surface area contributed by atoms with Crippen LogP contribution < -0.4 is 10.6 Å². The second kappa shape index (κ2) is 5.27. The Morgan fingerprint density at radius 1 is 1.48 bits per heavy atom. The van der Waals surface area contributed by atoms with Gasteiger partial charge in [-0.05, 0) is 26.0 Å². The van der Waals surface area contributed by atoms with E-state index in [1.807, 2.05) is 0 Å². The van der Waals surface area contributed by atoms with Gasteiger partial charge in [-0.25, -0.2) is 4.79 Å². The maximum absolute atomic E-state index is 12.5. The van der Waals surface area contributed by atoms with Crippen molar-refractivity contribution in [2.75, 3.05) is 11.9 Å². The second-order valence-corrected chi connectivity index (χ2v) is 5.30. The number of carbonyl (C=O) groups excluding carboxylic acids is 3. The molecule has 2 aromatic heterocycles. The normalized spacial score (nSPS) is 20.7. The van der Waals surface area contributed by atoms with Gasteiger partial charge >= 0.3 is 6.03 Å². The fraction of sp³-hybridized carbons (Fsp3) is 0.286. The summed E-state index contributed by atoms with van der Waals surface area (Å²) in [4.78, 5) is 37.3. The van der Waals surface area contributed by atoms with E-state index in [-0.39, 0.29) is 5.88 Å². The van der Waals surface area contributed by atoms with Crippen LogP contribution in [0.4, 0.5) is 10.7 Å². The van der Waals surface area contributed by atoms with Gasteiger partial charge in [0.25, 0.3) is 5.91 Å². The Labute approximate surface area is 130 Å². The molecule has 1 saturated heterocycles. The quantitative estimate of drug-likeness (QED) is 0.811. The van der Waals surface area contributed by atoms with Crippen molar-refractivity contribution >= 4 is 23.7 Å². The van der Waals surface area contributed by atoms with Crippen LogP contribution in [-0.2, 0) is 15.1 Å². The molecular weight excluding hydrogens is 304 g/mol. The minimum absolute atomic E-state index is 0.147. The standard InChI is InChI=1S/C14H14N4O5/c1-8-6-11(23-17-8)15-10(19)7-18-12(20)14(2,16-13(18)21)9-4-3-5-22-9/h3-6H,7H2,1-2H3,(H,15,19)(H,16,21)/t14-/m1/s1. The highest BCUT2D eigenvalue weighted by Crippen LogP contribution is 2.28. The number of amides is 4. The third-order valence-corrected chi connectivity index (χ3v) is 3.48. The molecule has 0 radical (unpaired) electrons. The van der Waals surface area contributed by atoms with Crippen LogP contribution >= 0.6 is 0 Å². The molecule has 1 aliphatic rings. The first-order chi connectivity index (χ1) is 10.9. The van der Waals surface area contributed by atoms with Crippen molar-refractivity contribution in [1.82, 2.24) is 15.4 Å². The van der Waals surface area contributed by atoms with Crippen LogP contribution in [0.15, 0.2) is 33.4 Å². The van der Waals surface area contributed by atoms with E-state index in [1.165, 1.54) is 19.3 Å². The molecule has 0 saturated carbocycles. The van der Waals surface area contributed by atoms with E-state index >= 15 is 0 Å². The molecule has 0 bridgehead atoms. The number of anilines is 1. The molecule has 1 fully saturated rings. The van der Waals surface area contributed by atoms with E-state index in [1.54, 1.807) is 19.1 Å². The van der Waals surface area contributed by atoms with Gasteiger partial charge in [0.2, 0.25) is 11.8 Å². The van der Waals surface area contributed by atoms with Gasteiger partial charge < -0.3 is 14.3 Å². The molecule has 4 amide bonds. The number of carbonyl (C=O) groups is 3.